The first-order chi connectivity index (χ1) is 10.4. The lowest BCUT2D eigenvalue weighted by molar-refractivity contribution is 0.275. The largest absolute Gasteiger partial charge is 0.493 e. The van der Waals surface area contributed by atoms with Gasteiger partial charge < -0.3 is 4.74 Å². The normalized spacial score (nSPS) is 15.4. The highest BCUT2D eigenvalue weighted by Crippen LogP contribution is 2.35. The maximum Gasteiger partial charge on any atom is 0.120 e. The van der Waals surface area contributed by atoms with E-state index in [0.717, 1.165) is 24.3 Å². The zero-order valence-corrected chi connectivity index (χ0v) is 12.6. The summed E-state index contributed by atoms with van der Waals surface area (Å²) in [4.78, 5) is 0. The molecular formula is C19H17ClO. The molecule has 0 spiro atoms. The Morgan fingerprint density at radius 2 is 2.05 bits per heavy atom. The highest BCUT2D eigenvalue weighted by atomic mass is 35.5. The van der Waals surface area contributed by atoms with E-state index in [1.54, 1.807) is 0 Å². The predicted molar refractivity (Wildman–Crippen MR) is 87.0 cm³/mol. The van der Waals surface area contributed by atoms with Crippen molar-refractivity contribution in [3.8, 4) is 17.6 Å². The van der Waals surface area contributed by atoms with Crippen LogP contribution in [0.15, 0.2) is 48.5 Å². The lowest BCUT2D eigenvalue weighted by Crippen LogP contribution is -2.23. The van der Waals surface area contributed by atoms with Gasteiger partial charge in [0.1, 0.15) is 5.75 Å². The molecule has 0 fully saturated rings. The van der Waals surface area contributed by atoms with Crippen LogP contribution in [0.5, 0.6) is 5.75 Å². The summed E-state index contributed by atoms with van der Waals surface area (Å²) in [5.41, 5.74) is 3.86. The molecule has 0 saturated carbocycles. The maximum absolute atomic E-state index is 5.92. The number of hydrogen-bond acceptors (Lipinski definition) is 1. The van der Waals surface area contributed by atoms with Gasteiger partial charge in [0.2, 0.25) is 0 Å². The van der Waals surface area contributed by atoms with Crippen molar-refractivity contribution < 1.29 is 4.74 Å². The average molecular weight is 297 g/mol. The highest BCUT2D eigenvalue weighted by molar-refractivity contribution is 6.18. The zero-order chi connectivity index (χ0) is 14.5. The van der Waals surface area contributed by atoms with Crippen LogP contribution in [-0.2, 0) is 6.42 Å². The van der Waals surface area contributed by atoms with Crippen LogP contribution in [-0.4, -0.2) is 12.5 Å². The van der Waals surface area contributed by atoms with Crippen LogP contribution in [0.2, 0.25) is 0 Å². The Kier molecular flexibility index (Phi) is 4.48. The van der Waals surface area contributed by atoms with Crippen molar-refractivity contribution in [2.75, 3.05) is 12.5 Å². The first-order valence-corrected chi connectivity index (χ1v) is 7.76. The second-order valence-electron chi connectivity index (χ2n) is 5.18. The van der Waals surface area contributed by atoms with Crippen molar-refractivity contribution >= 4 is 11.6 Å². The standard InChI is InChI=1S/C19H17ClO/c20-11-4-3-6-15-7-5-9-18(12-15)21-14-17-13-16-8-1-2-10-19(16)17/h1-2,5,7-10,12,17H,4,11,13-14H2. The van der Waals surface area contributed by atoms with E-state index in [1.807, 2.05) is 24.3 Å². The molecule has 2 aromatic rings. The van der Waals surface area contributed by atoms with Gasteiger partial charge >= 0.3 is 0 Å². The van der Waals surface area contributed by atoms with Crippen molar-refractivity contribution in [2.45, 2.75) is 18.8 Å². The molecule has 2 aromatic carbocycles. The van der Waals surface area contributed by atoms with Crippen LogP contribution in [0.25, 0.3) is 0 Å². The van der Waals surface area contributed by atoms with Gasteiger partial charge in [0.25, 0.3) is 0 Å². The molecule has 21 heavy (non-hydrogen) atoms. The number of rotatable bonds is 4. The molecule has 0 radical (unpaired) electrons. The summed E-state index contributed by atoms with van der Waals surface area (Å²) in [5, 5.41) is 0. The van der Waals surface area contributed by atoms with Crippen molar-refractivity contribution in [3.05, 3.63) is 65.2 Å². The van der Waals surface area contributed by atoms with E-state index in [-0.39, 0.29) is 0 Å². The van der Waals surface area contributed by atoms with Crippen molar-refractivity contribution in [3.63, 3.8) is 0 Å². The highest BCUT2D eigenvalue weighted by Gasteiger charge is 2.25. The van der Waals surface area contributed by atoms with E-state index < -0.39 is 0 Å². The topological polar surface area (TPSA) is 9.23 Å². The molecule has 1 atom stereocenters. The molecule has 0 heterocycles. The van der Waals surface area contributed by atoms with Crippen LogP contribution in [0.1, 0.15) is 29.0 Å². The minimum absolute atomic E-state index is 0.521. The predicted octanol–water partition coefficient (Wildman–Crippen LogP) is 4.39. The number of fused-ring (bicyclic) bond motifs is 1. The van der Waals surface area contributed by atoms with Crippen LogP contribution in [0, 0.1) is 11.8 Å². The lowest BCUT2D eigenvalue weighted by Gasteiger charge is -2.29. The summed E-state index contributed by atoms with van der Waals surface area (Å²) in [6, 6.07) is 16.5. The van der Waals surface area contributed by atoms with Crippen LogP contribution < -0.4 is 4.74 Å². The number of ether oxygens (including phenoxy) is 1. The van der Waals surface area contributed by atoms with Gasteiger partial charge in [0.05, 0.1) is 6.61 Å². The number of hydrogen-bond donors (Lipinski definition) is 0. The van der Waals surface area contributed by atoms with Crippen molar-refractivity contribution in [1.29, 1.82) is 0 Å². The minimum atomic E-state index is 0.521. The summed E-state index contributed by atoms with van der Waals surface area (Å²) in [6.07, 6.45) is 1.83. The third-order valence-corrected chi connectivity index (χ3v) is 3.89. The molecule has 1 unspecified atom stereocenters. The van der Waals surface area contributed by atoms with Gasteiger partial charge in [0, 0.05) is 23.8 Å². The first-order valence-electron chi connectivity index (χ1n) is 7.22. The minimum Gasteiger partial charge on any atom is -0.493 e. The van der Waals surface area contributed by atoms with Crippen molar-refractivity contribution in [1.82, 2.24) is 0 Å². The Balaban J connectivity index is 1.60. The molecule has 1 aliphatic rings. The Morgan fingerprint density at radius 3 is 2.90 bits per heavy atom. The first kappa shape index (κ1) is 14.0. The lowest BCUT2D eigenvalue weighted by atomic mass is 9.78. The molecule has 106 valence electrons. The molecule has 0 bridgehead atoms. The summed E-state index contributed by atoms with van der Waals surface area (Å²) in [5.74, 6) is 8.12. The molecule has 2 heteroatoms. The van der Waals surface area contributed by atoms with Crippen LogP contribution in [0.3, 0.4) is 0 Å². The Bertz CT molecular complexity index is 681. The van der Waals surface area contributed by atoms with Gasteiger partial charge in [0.15, 0.2) is 0 Å². The van der Waals surface area contributed by atoms with Gasteiger partial charge in [-0.05, 0) is 35.7 Å². The molecule has 0 N–H and O–H groups in total. The van der Waals surface area contributed by atoms with E-state index >= 15 is 0 Å². The molecule has 0 amide bonds. The van der Waals surface area contributed by atoms with Crippen LogP contribution >= 0.6 is 11.6 Å². The zero-order valence-electron chi connectivity index (χ0n) is 11.8. The van der Waals surface area contributed by atoms with E-state index in [0.29, 0.717) is 18.2 Å². The number of alkyl halides is 1. The van der Waals surface area contributed by atoms with Crippen LogP contribution in [0.4, 0.5) is 0 Å². The number of benzene rings is 2. The van der Waals surface area contributed by atoms with E-state index in [9.17, 15) is 0 Å². The van der Waals surface area contributed by atoms with Gasteiger partial charge in [-0.2, -0.15) is 0 Å². The fourth-order valence-electron chi connectivity index (χ4n) is 2.58. The summed E-state index contributed by atoms with van der Waals surface area (Å²) >= 11 is 5.62. The fourth-order valence-corrected chi connectivity index (χ4v) is 2.68. The average Bonchev–Trinajstić information content (AvgIpc) is 2.49. The third-order valence-electron chi connectivity index (χ3n) is 3.70. The quantitative estimate of drug-likeness (QED) is 0.601. The Labute approximate surface area is 130 Å². The van der Waals surface area contributed by atoms with Gasteiger partial charge in [-0.15, -0.1) is 11.6 Å². The molecule has 0 saturated heterocycles. The Morgan fingerprint density at radius 1 is 1.14 bits per heavy atom. The molecule has 0 aromatic heterocycles. The summed E-state index contributed by atoms with van der Waals surface area (Å²) < 4.78 is 5.92. The molecule has 3 rings (SSSR count). The molecular weight excluding hydrogens is 280 g/mol. The van der Waals surface area contributed by atoms with Crippen molar-refractivity contribution in [2.24, 2.45) is 0 Å². The third kappa shape index (κ3) is 3.40. The second kappa shape index (κ2) is 6.70. The second-order valence-corrected chi connectivity index (χ2v) is 5.56. The summed E-state index contributed by atoms with van der Waals surface area (Å²) in [7, 11) is 0. The molecule has 1 aliphatic carbocycles. The van der Waals surface area contributed by atoms with Gasteiger partial charge in [-0.3, -0.25) is 0 Å². The van der Waals surface area contributed by atoms with E-state index in [1.165, 1.54) is 11.1 Å². The molecule has 1 nitrogen and oxygen atoms in total. The number of halogens is 1. The maximum atomic E-state index is 5.92. The monoisotopic (exact) mass is 296 g/mol. The van der Waals surface area contributed by atoms with Gasteiger partial charge in [-0.1, -0.05) is 42.2 Å². The molecule has 0 aliphatic heterocycles. The summed E-state index contributed by atoms with van der Waals surface area (Å²) in [6.45, 7) is 0.732. The SMILES string of the molecule is ClCCC#Cc1cccc(OCC2Cc3ccccc32)c1. The van der Waals surface area contributed by atoms with Gasteiger partial charge in [-0.25, -0.2) is 0 Å². The van der Waals surface area contributed by atoms with E-state index in [4.69, 9.17) is 16.3 Å². The Hall–Kier alpha value is -1.91. The van der Waals surface area contributed by atoms with E-state index in [2.05, 4.69) is 36.1 Å². The fraction of sp³-hybridized carbons (Fsp3) is 0.263. The smallest absolute Gasteiger partial charge is 0.120 e.